The summed E-state index contributed by atoms with van der Waals surface area (Å²) in [5.74, 6) is 0.779. The largest absolute Gasteiger partial charge is 0.417 e. The number of benzene rings is 2. The molecule has 0 fully saturated rings. The Hall–Kier alpha value is -3.19. The van der Waals surface area contributed by atoms with Crippen molar-refractivity contribution in [2.24, 2.45) is 5.73 Å². The van der Waals surface area contributed by atoms with Gasteiger partial charge in [-0.05, 0) is 36.9 Å². The zero-order valence-corrected chi connectivity index (χ0v) is 19.6. The number of rotatable bonds is 10. The maximum atomic E-state index is 13.6. The zero-order chi connectivity index (χ0) is 24.7. The summed E-state index contributed by atoms with van der Waals surface area (Å²) in [6.45, 7) is 8.86. The van der Waals surface area contributed by atoms with Crippen molar-refractivity contribution < 1.29 is 13.2 Å². The Labute approximate surface area is 199 Å². The summed E-state index contributed by atoms with van der Waals surface area (Å²) < 4.78 is 40.9. The molecule has 0 bridgehead atoms. The van der Waals surface area contributed by atoms with Gasteiger partial charge < -0.3 is 11.1 Å². The van der Waals surface area contributed by atoms with Crippen molar-refractivity contribution in [2.75, 3.05) is 11.9 Å². The van der Waals surface area contributed by atoms with Crippen molar-refractivity contribution in [1.82, 2.24) is 9.97 Å². The Balaban J connectivity index is 2.02. The molecule has 0 amide bonds. The smallest absolute Gasteiger partial charge is 0.340 e. The summed E-state index contributed by atoms with van der Waals surface area (Å²) in [6, 6.07) is 15.1. The minimum absolute atomic E-state index is 0.000113. The van der Waals surface area contributed by atoms with Gasteiger partial charge in [-0.2, -0.15) is 13.2 Å². The molecule has 0 radical (unpaired) electrons. The van der Waals surface area contributed by atoms with Crippen LogP contribution in [0.3, 0.4) is 0 Å². The first kappa shape index (κ1) is 25.4. The van der Waals surface area contributed by atoms with E-state index in [0.717, 1.165) is 30.9 Å². The Morgan fingerprint density at radius 3 is 2.44 bits per heavy atom. The second kappa shape index (κ2) is 11.3. The topological polar surface area (TPSA) is 63.8 Å². The third-order valence-corrected chi connectivity index (χ3v) is 5.79. The minimum atomic E-state index is -4.52. The normalized spacial score (nSPS) is 12.4. The SMILES string of the molecule is C=C(Nc1cc(CCN)nc(-c2ccccc2C(F)(F)F)n1)c1ccccc1C(CC)CCC. The Bertz CT molecular complexity index is 1120. The van der Waals surface area contributed by atoms with Gasteiger partial charge in [-0.1, -0.05) is 69.3 Å². The van der Waals surface area contributed by atoms with E-state index in [1.807, 2.05) is 18.2 Å². The van der Waals surface area contributed by atoms with Gasteiger partial charge in [-0.3, -0.25) is 0 Å². The van der Waals surface area contributed by atoms with Crippen LogP contribution in [0.4, 0.5) is 19.0 Å². The molecule has 1 aromatic heterocycles. The molecular weight excluding hydrogens is 437 g/mol. The van der Waals surface area contributed by atoms with Crippen molar-refractivity contribution in [1.29, 1.82) is 0 Å². The third kappa shape index (κ3) is 6.03. The highest BCUT2D eigenvalue weighted by Gasteiger charge is 2.34. The number of alkyl halides is 3. The molecule has 180 valence electrons. The molecule has 34 heavy (non-hydrogen) atoms. The molecular formula is C27H31F3N4. The second-order valence-corrected chi connectivity index (χ2v) is 8.23. The average molecular weight is 469 g/mol. The highest BCUT2D eigenvalue weighted by Crippen LogP contribution is 2.36. The Morgan fingerprint density at radius 2 is 1.76 bits per heavy atom. The summed E-state index contributed by atoms with van der Waals surface area (Å²) >= 11 is 0. The van der Waals surface area contributed by atoms with Gasteiger partial charge in [-0.25, -0.2) is 9.97 Å². The molecule has 0 aliphatic rings. The van der Waals surface area contributed by atoms with Crippen LogP contribution in [0.15, 0.2) is 61.2 Å². The molecule has 1 heterocycles. The Kier molecular flexibility index (Phi) is 8.45. The lowest BCUT2D eigenvalue weighted by Gasteiger charge is -2.21. The van der Waals surface area contributed by atoms with Gasteiger partial charge in [0.15, 0.2) is 5.82 Å². The molecule has 7 heteroatoms. The van der Waals surface area contributed by atoms with Crippen LogP contribution in [0.2, 0.25) is 0 Å². The van der Waals surface area contributed by atoms with E-state index in [0.29, 0.717) is 36.1 Å². The highest BCUT2D eigenvalue weighted by molar-refractivity contribution is 5.77. The predicted octanol–water partition coefficient (Wildman–Crippen LogP) is 7.04. The monoisotopic (exact) mass is 468 g/mol. The molecule has 0 aliphatic heterocycles. The molecule has 1 unspecified atom stereocenters. The number of hydrogen-bond donors (Lipinski definition) is 2. The van der Waals surface area contributed by atoms with E-state index >= 15 is 0 Å². The summed E-state index contributed by atoms with van der Waals surface area (Å²) in [6.07, 6.45) is -0.967. The van der Waals surface area contributed by atoms with Crippen LogP contribution in [0.1, 0.15) is 61.4 Å². The fraction of sp³-hybridized carbons (Fsp3) is 0.333. The van der Waals surface area contributed by atoms with Crippen LogP contribution in [0, 0.1) is 0 Å². The first-order chi connectivity index (χ1) is 16.3. The maximum Gasteiger partial charge on any atom is 0.417 e. The van der Waals surface area contributed by atoms with Gasteiger partial charge in [0.25, 0.3) is 0 Å². The maximum absolute atomic E-state index is 13.6. The van der Waals surface area contributed by atoms with Crippen LogP contribution < -0.4 is 11.1 Å². The molecule has 0 saturated heterocycles. The molecule has 0 saturated carbocycles. The lowest BCUT2D eigenvalue weighted by molar-refractivity contribution is -0.137. The summed E-state index contributed by atoms with van der Waals surface area (Å²) in [5.41, 5.74) is 8.23. The summed E-state index contributed by atoms with van der Waals surface area (Å²) in [7, 11) is 0. The minimum Gasteiger partial charge on any atom is -0.340 e. The Morgan fingerprint density at radius 1 is 1.06 bits per heavy atom. The third-order valence-electron chi connectivity index (χ3n) is 5.79. The van der Waals surface area contributed by atoms with Crippen molar-refractivity contribution in [3.05, 3.63) is 83.6 Å². The van der Waals surface area contributed by atoms with E-state index < -0.39 is 11.7 Å². The molecule has 1 atom stereocenters. The van der Waals surface area contributed by atoms with Crippen LogP contribution >= 0.6 is 0 Å². The number of aromatic nitrogens is 2. The molecule has 0 spiro atoms. The van der Waals surface area contributed by atoms with E-state index in [1.54, 1.807) is 12.1 Å². The van der Waals surface area contributed by atoms with Crippen molar-refractivity contribution in [3.8, 4) is 11.4 Å². The fourth-order valence-corrected chi connectivity index (χ4v) is 4.16. The van der Waals surface area contributed by atoms with Crippen molar-refractivity contribution in [2.45, 2.75) is 51.6 Å². The van der Waals surface area contributed by atoms with E-state index in [2.05, 4.69) is 41.8 Å². The standard InChI is InChI=1S/C27H31F3N4/c1-4-10-19(5-2)22-12-7-6-11-21(22)18(3)32-25-17-20(15-16-31)33-26(34-25)23-13-8-9-14-24(23)27(28,29)30/h6-9,11-14,17,19H,3-5,10,15-16,31H2,1-2H3,(H,32,33,34). The lowest BCUT2D eigenvalue weighted by Crippen LogP contribution is -2.12. The van der Waals surface area contributed by atoms with E-state index in [4.69, 9.17) is 5.73 Å². The molecule has 3 N–H and O–H groups in total. The van der Waals surface area contributed by atoms with E-state index in [1.165, 1.54) is 17.7 Å². The fourth-order valence-electron chi connectivity index (χ4n) is 4.16. The highest BCUT2D eigenvalue weighted by atomic mass is 19.4. The van der Waals surface area contributed by atoms with Crippen LogP contribution in [0.5, 0.6) is 0 Å². The van der Waals surface area contributed by atoms with Gasteiger partial charge in [-0.15, -0.1) is 0 Å². The van der Waals surface area contributed by atoms with Gasteiger partial charge in [0.1, 0.15) is 5.82 Å². The van der Waals surface area contributed by atoms with Gasteiger partial charge in [0, 0.05) is 35.0 Å². The lowest BCUT2D eigenvalue weighted by atomic mass is 9.88. The second-order valence-electron chi connectivity index (χ2n) is 8.23. The zero-order valence-electron chi connectivity index (χ0n) is 19.6. The van der Waals surface area contributed by atoms with Crippen LogP contribution in [0.25, 0.3) is 17.1 Å². The number of nitrogens with one attached hydrogen (secondary N) is 1. The quantitative estimate of drug-likeness (QED) is 0.335. The number of halogens is 3. The van der Waals surface area contributed by atoms with Crippen molar-refractivity contribution in [3.63, 3.8) is 0 Å². The number of nitrogens with two attached hydrogens (primary N) is 1. The van der Waals surface area contributed by atoms with Gasteiger partial charge in [0.2, 0.25) is 0 Å². The number of nitrogens with zero attached hydrogens (tertiary/aromatic N) is 2. The first-order valence-corrected chi connectivity index (χ1v) is 11.6. The van der Waals surface area contributed by atoms with E-state index in [-0.39, 0.29) is 11.4 Å². The molecule has 3 rings (SSSR count). The van der Waals surface area contributed by atoms with Crippen molar-refractivity contribution >= 4 is 11.5 Å². The van der Waals surface area contributed by atoms with Gasteiger partial charge in [0.05, 0.1) is 5.56 Å². The number of hydrogen-bond acceptors (Lipinski definition) is 4. The predicted molar refractivity (Wildman–Crippen MR) is 132 cm³/mol. The number of anilines is 1. The van der Waals surface area contributed by atoms with Crippen LogP contribution in [-0.4, -0.2) is 16.5 Å². The molecule has 3 aromatic rings. The van der Waals surface area contributed by atoms with E-state index in [9.17, 15) is 13.2 Å². The molecule has 2 aromatic carbocycles. The average Bonchev–Trinajstić information content (AvgIpc) is 2.82. The summed E-state index contributed by atoms with van der Waals surface area (Å²) in [5, 5.41) is 3.22. The van der Waals surface area contributed by atoms with Crippen LogP contribution in [-0.2, 0) is 12.6 Å². The first-order valence-electron chi connectivity index (χ1n) is 11.6. The molecule has 0 aliphatic carbocycles. The van der Waals surface area contributed by atoms with Gasteiger partial charge >= 0.3 is 6.18 Å². The molecule has 4 nitrogen and oxygen atoms in total. The summed E-state index contributed by atoms with van der Waals surface area (Å²) in [4.78, 5) is 8.80.